The molecule has 1 amide bonds. The van der Waals surface area contributed by atoms with E-state index in [1.807, 2.05) is 34.9 Å². The Balaban J connectivity index is 1.49. The summed E-state index contributed by atoms with van der Waals surface area (Å²) in [6.45, 7) is 4.32. The summed E-state index contributed by atoms with van der Waals surface area (Å²) in [7, 11) is 5.04. The molecule has 33 heavy (non-hydrogen) atoms. The molecule has 0 radical (unpaired) electrons. The molecule has 0 aliphatic rings. The molecule has 0 bridgehead atoms. The van der Waals surface area contributed by atoms with Gasteiger partial charge in [-0.05, 0) is 30.3 Å². The van der Waals surface area contributed by atoms with E-state index in [0.717, 1.165) is 22.3 Å². The maximum absolute atomic E-state index is 12.6. The molecule has 0 spiro atoms. The minimum Gasteiger partial charge on any atom is -0.497 e. The lowest BCUT2D eigenvalue weighted by molar-refractivity contribution is -0.113. The fraction of sp³-hybridized carbons (Fsp3) is 0.217. The van der Waals surface area contributed by atoms with Crippen LogP contribution in [-0.4, -0.2) is 42.7 Å². The van der Waals surface area contributed by atoms with Crippen molar-refractivity contribution in [1.29, 1.82) is 0 Å². The van der Waals surface area contributed by atoms with Gasteiger partial charge in [0.15, 0.2) is 11.0 Å². The summed E-state index contributed by atoms with van der Waals surface area (Å²) in [5.74, 6) is 1.37. The quantitative estimate of drug-likeness (QED) is 0.318. The number of ether oxygens (including phenoxy) is 1. The van der Waals surface area contributed by atoms with Crippen molar-refractivity contribution < 1.29 is 9.53 Å². The molecule has 0 unspecified atom stereocenters. The Bertz CT molecular complexity index is 1400. The van der Waals surface area contributed by atoms with Crippen molar-refractivity contribution in [3.8, 4) is 17.1 Å². The Labute approximate surface area is 194 Å². The van der Waals surface area contributed by atoms with Gasteiger partial charge >= 0.3 is 5.69 Å². The predicted molar refractivity (Wildman–Crippen MR) is 130 cm³/mol. The van der Waals surface area contributed by atoms with E-state index in [1.54, 1.807) is 48.5 Å². The number of hydrogen-bond donors (Lipinski definition) is 1. The molecule has 2 heterocycles. The number of thioether (sulfide) groups is 1. The molecule has 0 aliphatic carbocycles. The van der Waals surface area contributed by atoms with Crippen LogP contribution < -0.4 is 15.7 Å². The molecule has 0 saturated heterocycles. The third kappa shape index (κ3) is 4.42. The molecule has 0 atom stereocenters. The number of fused-ring (bicyclic) bond motifs is 1. The number of imidazole rings is 1. The highest BCUT2D eigenvalue weighted by Gasteiger charge is 2.16. The maximum Gasteiger partial charge on any atom is 0.328 e. The van der Waals surface area contributed by atoms with E-state index in [-0.39, 0.29) is 17.3 Å². The van der Waals surface area contributed by atoms with E-state index >= 15 is 0 Å². The molecule has 9 nitrogen and oxygen atoms in total. The minimum absolute atomic E-state index is 0.113. The second-order valence-electron chi connectivity index (χ2n) is 7.38. The number of methoxy groups -OCH3 is 1. The minimum atomic E-state index is -0.184. The molecule has 0 aliphatic heterocycles. The van der Waals surface area contributed by atoms with Crippen molar-refractivity contribution in [2.45, 2.75) is 11.7 Å². The van der Waals surface area contributed by atoms with Crippen molar-refractivity contribution >= 4 is 34.4 Å². The van der Waals surface area contributed by atoms with E-state index in [0.29, 0.717) is 23.2 Å². The summed E-state index contributed by atoms with van der Waals surface area (Å²) in [4.78, 5) is 24.7. The molecule has 4 rings (SSSR count). The van der Waals surface area contributed by atoms with Gasteiger partial charge in [-0.3, -0.25) is 18.5 Å². The van der Waals surface area contributed by atoms with Crippen molar-refractivity contribution in [2.75, 3.05) is 18.2 Å². The van der Waals surface area contributed by atoms with Crippen LogP contribution in [0.2, 0.25) is 0 Å². The van der Waals surface area contributed by atoms with Gasteiger partial charge in [0.2, 0.25) is 5.91 Å². The number of aromatic nitrogens is 5. The summed E-state index contributed by atoms with van der Waals surface area (Å²) >= 11 is 1.29. The monoisotopic (exact) mass is 464 g/mol. The first-order valence-electron chi connectivity index (χ1n) is 10.2. The number of allylic oxidation sites excluding steroid dienone is 1. The van der Waals surface area contributed by atoms with Gasteiger partial charge in [-0.15, -0.1) is 16.8 Å². The molecular formula is C23H24N6O3S. The fourth-order valence-corrected chi connectivity index (χ4v) is 4.32. The first-order valence-corrected chi connectivity index (χ1v) is 11.2. The summed E-state index contributed by atoms with van der Waals surface area (Å²) in [5, 5.41) is 12.1. The zero-order valence-electron chi connectivity index (χ0n) is 18.6. The largest absolute Gasteiger partial charge is 0.497 e. The van der Waals surface area contributed by atoms with Gasteiger partial charge in [0, 0.05) is 31.9 Å². The van der Waals surface area contributed by atoms with Crippen LogP contribution in [0.1, 0.15) is 0 Å². The highest BCUT2D eigenvalue weighted by molar-refractivity contribution is 7.99. The van der Waals surface area contributed by atoms with Crippen molar-refractivity contribution in [3.63, 3.8) is 0 Å². The summed E-state index contributed by atoms with van der Waals surface area (Å²) in [6.07, 6.45) is 1.76. The first-order chi connectivity index (χ1) is 15.9. The fourth-order valence-electron chi connectivity index (χ4n) is 3.58. The van der Waals surface area contributed by atoms with Gasteiger partial charge in [0.25, 0.3) is 0 Å². The van der Waals surface area contributed by atoms with E-state index < -0.39 is 0 Å². The van der Waals surface area contributed by atoms with Gasteiger partial charge in [0.05, 0.1) is 23.9 Å². The van der Waals surface area contributed by atoms with Crippen LogP contribution in [0, 0.1) is 0 Å². The molecule has 0 saturated carbocycles. The number of nitrogens with zero attached hydrogens (tertiary/aromatic N) is 5. The predicted octanol–water partition coefficient (Wildman–Crippen LogP) is 3.06. The zero-order chi connectivity index (χ0) is 23.5. The number of anilines is 1. The highest BCUT2D eigenvalue weighted by Crippen LogP contribution is 2.27. The second-order valence-corrected chi connectivity index (χ2v) is 8.32. The number of rotatable bonds is 8. The molecule has 4 aromatic rings. The van der Waals surface area contributed by atoms with Crippen LogP contribution in [0.15, 0.2) is 65.1 Å². The van der Waals surface area contributed by atoms with Crippen LogP contribution >= 0.6 is 11.8 Å². The zero-order valence-corrected chi connectivity index (χ0v) is 19.4. The van der Waals surface area contributed by atoms with E-state index in [2.05, 4.69) is 22.1 Å². The standard InChI is InChI=1S/C23H24N6O3S/c1-5-11-29-21(15-7-6-8-17(12-15)32-4)25-26-22(29)33-14-20(30)24-16-9-10-18-19(13-16)28(3)23(31)27(18)2/h5-10,12-13H,1,11,14H2,2-4H3,(H,24,30). The van der Waals surface area contributed by atoms with Crippen molar-refractivity contribution in [3.05, 3.63) is 65.6 Å². The third-order valence-electron chi connectivity index (χ3n) is 5.24. The van der Waals surface area contributed by atoms with Gasteiger partial charge in [-0.2, -0.15) is 0 Å². The topological polar surface area (TPSA) is 96.0 Å². The molecule has 0 fully saturated rings. The first kappa shape index (κ1) is 22.4. The lowest BCUT2D eigenvalue weighted by Gasteiger charge is -2.09. The molecule has 10 heteroatoms. The lowest BCUT2D eigenvalue weighted by Crippen LogP contribution is -2.19. The van der Waals surface area contributed by atoms with Crippen molar-refractivity contribution in [1.82, 2.24) is 23.9 Å². The Morgan fingerprint density at radius 2 is 1.94 bits per heavy atom. The number of benzene rings is 2. The average Bonchev–Trinajstić information content (AvgIpc) is 3.32. The Hall–Kier alpha value is -3.79. The number of hydrogen-bond acceptors (Lipinski definition) is 6. The van der Waals surface area contributed by atoms with E-state index in [9.17, 15) is 9.59 Å². The van der Waals surface area contributed by atoms with Gasteiger partial charge < -0.3 is 10.1 Å². The van der Waals surface area contributed by atoms with Crippen LogP contribution in [0.25, 0.3) is 22.4 Å². The number of amides is 1. The average molecular weight is 465 g/mol. The Morgan fingerprint density at radius 3 is 2.70 bits per heavy atom. The number of aryl methyl sites for hydroxylation is 2. The number of nitrogens with one attached hydrogen (secondary N) is 1. The smallest absolute Gasteiger partial charge is 0.328 e. The second kappa shape index (κ2) is 9.37. The SMILES string of the molecule is C=CCn1c(SCC(=O)Nc2ccc3c(c2)n(C)c(=O)n3C)nnc1-c1cccc(OC)c1. The highest BCUT2D eigenvalue weighted by atomic mass is 32.2. The van der Waals surface area contributed by atoms with Gasteiger partial charge in [-0.1, -0.05) is 30.0 Å². The molecular weight excluding hydrogens is 440 g/mol. The third-order valence-corrected chi connectivity index (χ3v) is 6.21. The van der Waals surface area contributed by atoms with Crippen LogP contribution in [-0.2, 0) is 25.4 Å². The van der Waals surface area contributed by atoms with E-state index in [1.165, 1.54) is 11.8 Å². The molecule has 2 aromatic carbocycles. The summed E-state index contributed by atoms with van der Waals surface area (Å²) < 4.78 is 10.3. The Morgan fingerprint density at radius 1 is 1.15 bits per heavy atom. The molecule has 170 valence electrons. The number of carbonyl (C=O) groups is 1. The maximum atomic E-state index is 12.6. The van der Waals surface area contributed by atoms with Crippen molar-refractivity contribution in [2.24, 2.45) is 14.1 Å². The van der Waals surface area contributed by atoms with Crippen LogP contribution in [0.5, 0.6) is 5.75 Å². The summed E-state index contributed by atoms with van der Waals surface area (Å²) in [6, 6.07) is 13.0. The normalized spacial score (nSPS) is 11.0. The molecule has 2 aromatic heterocycles. The lowest BCUT2D eigenvalue weighted by atomic mass is 10.2. The van der Waals surface area contributed by atoms with Crippen LogP contribution in [0.4, 0.5) is 5.69 Å². The van der Waals surface area contributed by atoms with E-state index in [4.69, 9.17) is 4.74 Å². The van der Waals surface area contributed by atoms with Gasteiger partial charge in [0.1, 0.15) is 5.75 Å². The van der Waals surface area contributed by atoms with Crippen LogP contribution in [0.3, 0.4) is 0 Å². The Kier molecular flexibility index (Phi) is 6.36. The number of carbonyl (C=O) groups excluding carboxylic acids is 1. The van der Waals surface area contributed by atoms with Gasteiger partial charge in [-0.25, -0.2) is 4.79 Å². The summed E-state index contributed by atoms with van der Waals surface area (Å²) in [5.41, 5.74) is 2.93. The molecule has 1 N–H and O–H groups in total.